The minimum absolute atomic E-state index is 0.128. The molecule has 0 aromatic heterocycles. The Labute approximate surface area is 234 Å². The highest BCUT2D eigenvalue weighted by Crippen LogP contribution is 2.38. The Kier molecular flexibility index (Phi) is 8.48. The van der Waals surface area contributed by atoms with Gasteiger partial charge in [-0.1, -0.05) is 24.3 Å². The number of carboxylic acids is 1. The molecule has 0 saturated carbocycles. The van der Waals surface area contributed by atoms with Crippen molar-refractivity contribution < 1.29 is 19.4 Å². The lowest BCUT2D eigenvalue weighted by molar-refractivity contribution is -0.122. The summed E-state index contributed by atoms with van der Waals surface area (Å²) < 4.78 is 7.35. The molecule has 0 atom stereocenters. The van der Waals surface area contributed by atoms with Crippen molar-refractivity contribution in [2.24, 2.45) is 4.99 Å². The van der Waals surface area contributed by atoms with Crippen LogP contribution in [0.1, 0.15) is 34.0 Å². The Bertz CT molecular complexity index is 1470. The molecule has 1 aliphatic heterocycles. The van der Waals surface area contributed by atoms with Gasteiger partial charge in [-0.3, -0.25) is 9.69 Å². The molecule has 1 aliphatic rings. The Balaban J connectivity index is 1.58. The Hall–Kier alpha value is -3.39. The molecule has 3 aromatic carbocycles. The number of benzene rings is 3. The number of hydrogen-bond acceptors (Lipinski definition) is 6. The minimum Gasteiger partial charge on any atom is -0.486 e. The molecule has 186 valence electrons. The highest BCUT2D eigenvalue weighted by Gasteiger charge is 2.32. The Morgan fingerprint density at radius 2 is 1.89 bits per heavy atom. The second-order valence-electron chi connectivity index (χ2n) is 7.78. The van der Waals surface area contributed by atoms with E-state index < -0.39 is 5.97 Å². The number of amides is 1. The summed E-state index contributed by atoms with van der Waals surface area (Å²) in [4.78, 5) is 30.9. The summed E-state index contributed by atoms with van der Waals surface area (Å²) in [6, 6.07) is 19.4. The van der Waals surface area contributed by atoms with Crippen LogP contribution in [0, 0.1) is 11.3 Å². The number of nitriles is 1. The number of hydrogen-bond donors (Lipinski definition) is 1. The van der Waals surface area contributed by atoms with E-state index in [1.54, 1.807) is 35.2 Å². The average molecular weight is 641 g/mol. The first-order valence-electron chi connectivity index (χ1n) is 11.0. The van der Waals surface area contributed by atoms with Gasteiger partial charge in [0.25, 0.3) is 5.91 Å². The van der Waals surface area contributed by atoms with Crippen molar-refractivity contribution in [1.82, 2.24) is 4.90 Å². The van der Waals surface area contributed by atoms with Crippen LogP contribution in [-0.2, 0) is 11.4 Å². The molecule has 4 rings (SSSR count). The number of thioether (sulfide) groups is 1. The van der Waals surface area contributed by atoms with Gasteiger partial charge in [0.15, 0.2) is 5.17 Å². The van der Waals surface area contributed by atoms with Crippen molar-refractivity contribution >= 4 is 72.4 Å². The molecule has 0 radical (unpaired) electrons. The molecule has 1 saturated heterocycles. The van der Waals surface area contributed by atoms with Gasteiger partial charge < -0.3 is 9.84 Å². The summed E-state index contributed by atoms with van der Waals surface area (Å²) >= 11 is 8.33. The monoisotopic (exact) mass is 639 g/mol. The third-order valence-corrected chi connectivity index (χ3v) is 7.54. The number of likely N-dealkylation sites (N-methyl/N-ethyl adjacent to an activating group) is 1. The van der Waals surface area contributed by atoms with Crippen LogP contribution in [-0.4, -0.2) is 33.6 Å². The number of aromatic carboxylic acids is 1. The predicted octanol–water partition coefficient (Wildman–Crippen LogP) is 6.98. The van der Waals surface area contributed by atoms with Crippen LogP contribution in [0.2, 0.25) is 0 Å². The topological polar surface area (TPSA) is 103 Å². The molecule has 10 heteroatoms. The maximum atomic E-state index is 13.1. The number of carbonyl (C=O) groups excluding carboxylic acids is 1. The molecule has 0 aliphatic carbocycles. The van der Waals surface area contributed by atoms with Gasteiger partial charge in [-0.2, -0.15) is 5.26 Å². The van der Waals surface area contributed by atoms with E-state index in [4.69, 9.17) is 4.74 Å². The van der Waals surface area contributed by atoms with Gasteiger partial charge in [0.1, 0.15) is 12.4 Å². The molecule has 0 bridgehead atoms. The van der Waals surface area contributed by atoms with Crippen LogP contribution < -0.4 is 4.74 Å². The zero-order valence-corrected chi connectivity index (χ0v) is 23.4. The van der Waals surface area contributed by atoms with E-state index in [1.165, 1.54) is 23.9 Å². The largest absolute Gasteiger partial charge is 0.486 e. The number of ether oxygens (including phenoxy) is 1. The fourth-order valence-corrected chi connectivity index (χ4v) is 6.06. The van der Waals surface area contributed by atoms with Gasteiger partial charge in [-0.05, 0) is 98.6 Å². The Morgan fingerprint density at radius 3 is 2.57 bits per heavy atom. The van der Waals surface area contributed by atoms with E-state index in [0.29, 0.717) is 42.6 Å². The summed E-state index contributed by atoms with van der Waals surface area (Å²) in [6.07, 6.45) is 1.77. The molecule has 7 nitrogen and oxygen atoms in total. The molecule has 1 amide bonds. The minimum atomic E-state index is -1.04. The van der Waals surface area contributed by atoms with Crippen LogP contribution in [0.3, 0.4) is 0 Å². The van der Waals surface area contributed by atoms with E-state index >= 15 is 0 Å². The first kappa shape index (κ1) is 26.7. The number of amidine groups is 1. The summed E-state index contributed by atoms with van der Waals surface area (Å²) in [5.41, 5.74) is 2.69. The lowest BCUT2D eigenvalue weighted by atomic mass is 10.1. The molecule has 3 aromatic rings. The molecule has 37 heavy (non-hydrogen) atoms. The second-order valence-corrected chi connectivity index (χ2v) is 10.5. The standard InChI is InChI=1S/C27H19Br2N3O4S/c1-2-32-25(33)23(37-27(32)31-20-9-5-8-17(13-20)26(34)35)12-16-10-21(28)24(22(29)11-16)36-15-19-7-4-3-6-18(19)14-30/h3-13H,2,15H2,1H3,(H,34,35). The summed E-state index contributed by atoms with van der Waals surface area (Å²) in [7, 11) is 0. The first-order valence-corrected chi connectivity index (χ1v) is 13.4. The fraction of sp³-hybridized carbons (Fsp3) is 0.111. The molecule has 1 N–H and O–H groups in total. The van der Waals surface area contributed by atoms with Crippen molar-refractivity contribution in [1.29, 1.82) is 5.26 Å². The fourth-order valence-electron chi connectivity index (χ4n) is 3.55. The summed E-state index contributed by atoms with van der Waals surface area (Å²) in [5, 5.41) is 19.0. The maximum absolute atomic E-state index is 13.1. The predicted molar refractivity (Wildman–Crippen MR) is 151 cm³/mol. The third-order valence-electron chi connectivity index (χ3n) is 5.35. The lowest BCUT2D eigenvalue weighted by Crippen LogP contribution is -2.28. The molecule has 0 unspecified atom stereocenters. The van der Waals surface area contributed by atoms with Gasteiger partial charge in [0.2, 0.25) is 0 Å². The van der Waals surface area contributed by atoms with Crippen LogP contribution in [0.25, 0.3) is 6.08 Å². The van der Waals surface area contributed by atoms with Crippen molar-refractivity contribution in [3.63, 3.8) is 0 Å². The number of nitrogens with zero attached hydrogens (tertiary/aromatic N) is 3. The van der Waals surface area contributed by atoms with Gasteiger partial charge in [-0.15, -0.1) is 0 Å². The van der Waals surface area contributed by atoms with Crippen LogP contribution >= 0.6 is 43.6 Å². The normalized spacial score (nSPS) is 15.3. The molecular formula is C27H19Br2N3O4S. The number of aliphatic imine (C=N–C) groups is 1. The molecular weight excluding hydrogens is 622 g/mol. The SMILES string of the molecule is CCN1C(=O)C(=Cc2cc(Br)c(OCc3ccccc3C#N)c(Br)c2)SC1=Nc1cccc(C(=O)O)c1. The third kappa shape index (κ3) is 6.13. The average Bonchev–Trinajstić information content (AvgIpc) is 3.17. The highest BCUT2D eigenvalue weighted by atomic mass is 79.9. The quantitative estimate of drug-likeness (QED) is 0.279. The smallest absolute Gasteiger partial charge is 0.335 e. The zero-order chi connectivity index (χ0) is 26.5. The van der Waals surface area contributed by atoms with Crippen LogP contribution in [0.4, 0.5) is 5.69 Å². The number of rotatable bonds is 7. The van der Waals surface area contributed by atoms with E-state index in [1.807, 2.05) is 31.2 Å². The van der Waals surface area contributed by atoms with Crippen molar-refractivity contribution in [3.05, 3.63) is 96.8 Å². The summed E-state index contributed by atoms with van der Waals surface area (Å²) in [5.74, 6) is -0.639. The van der Waals surface area contributed by atoms with E-state index in [2.05, 4.69) is 42.9 Å². The van der Waals surface area contributed by atoms with E-state index in [9.17, 15) is 20.0 Å². The van der Waals surface area contributed by atoms with Gasteiger partial charge in [0.05, 0.1) is 36.7 Å². The highest BCUT2D eigenvalue weighted by molar-refractivity contribution is 9.11. The van der Waals surface area contributed by atoms with Crippen LogP contribution in [0.5, 0.6) is 5.75 Å². The first-order chi connectivity index (χ1) is 17.8. The van der Waals surface area contributed by atoms with Crippen molar-refractivity contribution in [2.75, 3.05) is 6.54 Å². The number of halogens is 2. The molecule has 1 heterocycles. The summed E-state index contributed by atoms with van der Waals surface area (Å²) in [6.45, 7) is 2.50. The Morgan fingerprint density at radius 1 is 1.16 bits per heavy atom. The zero-order valence-electron chi connectivity index (χ0n) is 19.4. The molecule has 0 spiro atoms. The van der Waals surface area contributed by atoms with E-state index in [0.717, 1.165) is 11.1 Å². The van der Waals surface area contributed by atoms with Gasteiger partial charge >= 0.3 is 5.97 Å². The van der Waals surface area contributed by atoms with Crippen molar-refractivity contribution in [3.8, 4) is 11.8 Å². The second kappa shape index (κ2) is 11.8. The van der Waals surface area contributed by atoms with E-state index in [-0.39, 0.29) is 18.1 Å². The lowest BCUT2D eigenvalue weighted by Gasteiger charge is -2.12. The number of carboxylic acid groups (broad SMARTS) is 1. The number of carbonyl (C=O) groups is 2. The molecule has 1 fully saturated rings. The van der Waals surface area contributed by atoms with Gasteiger partial charge in [0, 0.05) is 12.1 Å². The van der Waals surface area contributed by atoms with Gasteiger partial charge in [-0.25, -0.2) is 9.79 Å². The van der Waals surface area contributed by atoms with Crippen LogP contribution in [0.15, 0.2) is 79.5 Å². The maximum Gasteiger partial charge on any atom is 0.335 e. The van der Waals surface area contributed by atoms with Crippen molar-refractivity contribution in [2.45, 2.75) is 13.5 Å².